The molecule has 43 heavy (non-hydrogen) atoms. The monoisotopic (exact) mass is 582 g/mol. The molecule has 1 saturated heterocycles. The number of carbonyl (C=O) groups is 1. The van der Waals surface area contributed by atoms with Crippen LogP contribution in [-0.2, 0) is 7.05 Å². The van der Waals surface area contributed by atoms with E-state index in [9.17, 15) is 4.79 Å². The minimum Gasteiger partial charge on any atom is -0.477 e. The van der Waals surface area contributed by atoms with E-state index < -0.39 is 0 Å². The molecule has 1 atom stereocenters. The van der Waals surface area contributed by atoms with Crippen molar-refractivity contribution >= 4 is 28.9 Å². The van der Waals surface area contributed by atoms with E-state index in [1.807, 2.05) is 14.0 Å². The Morgan fingerprint density at radius 3 is 2.74 bits per heavy atom. The summed E-state index contributed by atoms with van der Waals surface area (Å²) in [6.45, 7) is 7.69. The Bertz CT molecular complexity index is 1520. The molecule has 1 aromatic carbocycles. The van der Waals surface area contributed by atoms with E-state index in [0.717, 1.165) is 60.8 Å². The number of likely N-dealkylation sites (tertiary alicyclic amines) is 1. The zero-order valence-corrected chi connectivity index (χ0v) is 25.3. The minimum absolute atomic E-state index is 0.295. The molecule has 2 N–H and O–H groups in total. The Morgan fingerprint density at radius 2 is 1.91 bits per heavy atom. The summed E-state index contributed by atoms with van der Waals surface area (Å²) < 4.78 is 8.03. The number of piperidine rings is 1. The Balaban J connectivity index is 1.19. The first-order chi connectivity index (χ1) is 21.0. The molecule has 2 bridgehead atoms. The number of anilines is 3. The highest BCUT2D eigenvalue weighted by Gasteiger charge is 2.36. The first-order valence-corrected chi connectivity index (χ1v) is 15.9. The van der Waals surface area contributed by atoms with Crippen molar-refractivity contribution in [3.8, 4) is 17.1 Å². The molecule has 4 aliphatic rings. The van der Waals surface area contributed by atoms with Gasteiger partial charge >= 0.3 is 0 Å². The van der Waals surface area contributed by atoms with Gasteiger partial charge in [-0.05, 0) is 101 Å². The van der Waals surface area contributed by atoms with Gasteiger partial charge in [-0.1, -0.05) is 6.42 Å². The lowest BCUT2D eigenvalue weighted by Gasteiger charge is -2.26. The van der Waals surface area contributed by atoms with Gasteiger partial charge in [0.15, 0.2) is 0 Å². The second-order valence-electron chi connectivity index (χ2n) is 12.5. The topological polar surface area (TPSA) is 99.9 Å². The molecule has 1 aliphatic carbocycles. The van der Waals surface area contributed by atoms with Crippen LogP contribution < -0.4 is 20.3 Å². The molecule has 226 valence electrons. The van der Waals surface area contributed by atoms with Gasteiger partial charge in [0.2, 0.25) is 11.8 Å². The number of fused-ring (bicyclic) bond motifs is 7. The summed E-state index contributed by atoms with van der Waals surface area (Å²) >= 11 is 0. The molecule has 2 fully saturated rings. The molecule has 1 amide bonds. The number of pyridine rings is 1. The molecule has 1 saturated carbocycles. The SMILES string of the molecule is Cc1cc2cc(n1)-c1cnn(C)c1OCCC[C@@H](C1CC1)CN1/C(=N/C2=O)Nc2cc(NCCN3CCCCC3)ccc21. The lowest BCUT2D eigenvalue weighted by molar-refractivity contribution is 0.100. The molecule has 10 heteroatoms. The van der Waals surface area contributed by atoms with Crippen LogP contribution in [0.5, 0.6) is 5.88 Å². The third-order valence-corrected chi connectivity index (χ3v) is 9.23. The summed E-state index contributed by atoms with van der Waals surface area (Å²) in [4.78, 5) is 27.9. The van der Waals surface area contributed by atoms with Crippen molar-refractivity contribution in [3.63, 3.8) is 0 Å². The van der Waals surface area contributed by atoms with Gasteiger partial charge in [0, 0.05) is 43.6 Å². The number of guanidine groups is 1. The number of ether oxygens (including phenoxy) is 1. The van der Waals surface area contributed by atoms with Gasteiger partial charge in [0.05, 0.1) is 35.4 Å². The third-order valence-electron chi connectivity index (χ3n) is 9.23. The van der Waals surface area contributed by atoms with Gasteiger partial charge in [0.25, 0.3) is 5.91 Å². The fraction of sp³-hybridized carbons (Fsp3) is 0.515. The second kappa shape index (κ2) is 12.0. The van der Waals surface area contributed by atoms with E-state index in [4.69, 9.17) is 14.7 Å². The van der Waals surface area contributed by atoms with E-state index in [1.54, 1.807) is 23.0 Å². The van der Waals surface area contributed by atoms with Gasteiger partial charge < -0.3 is 25.2 Å². The largest absolute Gasteiger partial charge is 0.477 e. The molecule has 3 aromatic rings. The highest BCUT2D eigenvalue weighted by Crippen LogP contribution is 2.43. The molecular formula is C33H42N8O2. The highest BCUT2D eigenvalue weighted by molar-refractivity contribution is 6.19. The standard InChI is InChI=1S/C33H42N8O2/c1-22-17-25-18-28(36-22)27-20-35-39(2)32(27)43-16-6-7-24(23-8-9-23)21-41-30-11-10-26(19-29(30)37-33(41)38-31(25)42)34-12-15-40-13-4-3-5-14-40/h10-11,17-20,23-24,34H,3-9,12-16,21H2,1-2H3,(H,37,38,42)/t24-/m1/s1. The minimum atomic E-state index is -0.295. The highest BCUT2D eigenvalue weighted by atomic mass is 16.5. The van der Waals surface area contributed by atoms with Crippen LogP contribution in [0.4, 0.5) is 17.1 Å². The second-order valence-corrected chi connectivity index (χ2v) is 12.5. The average Bonchev–Trinajstić information content (AvgIpc) is 3.71. The predicted molar refractivity (Wildman–Crippen MR) is 170 cm³/mol. The summed E-state index contributed by atoms with van der Waals surface area (Å²) in [5.74, 6) is 2.16. The molecule has 0 spiro atoms. The van der Waals surface area contributed by atoms with E-state index in [0.29, 0.717) is 41.5 Å². The quantitative estimate of drug-likeness (QED) is 0.417. The summed E-state index contributed by atoms with van der Waals surface area (Å²) in [7, 11) is 1.88. The Morgan fingerprint density at radius 1 is 1.05 bits per heavy atom. The van der Waals surface area contributed by atoms with Crippen LogP contribution in [0, 0.1) is 18.8 Å². The molecule has 7 rings (SSSR count). The molecule has 3 aliphatic heterocycles. The lowest BCUT2D eigenvalue weighted by atomic mass is 9.97. The average molecular weight is 583 g/mol. The summed E-state index contributed by atoms with van der Waals surface area (Å²) in [5.41, 5.74) is 5.83. The lowest BCUT2D eigenvalue weighted by Crippen LogP contribution is -2.36. The van der Waals surface area contributed by atoms with Crippen molar-refractivity contribution in [3.05, 3.63) is 47.8 Å². The normalized spacial score (nSPS) is 22.2. The fourth-order valence-corrected chi connectivity index (χ4v) is 6.75. The predicted octanol–water partition coefficient (Wildman–Crippen LogP) is 5.32. The smallest absolute Gasteiger partial charge is 0.280 e. The molecule has 0 radical (unpaired) electrons. The molecule has 2 aromatic heterocycles. The van der Waals surface area contributed by atoms with Gasteiger partial charge in [-0.15, -0.1) is 0 Å². The van der Waals surface area contributed by atoms with Crippen LogP contribution in [0.15, 0.2) is 41.5 Å². The number of benzene rings is 1. The maximum Gasteiger partial charge on any atom is 0.280 e. The van der Waals surface area contributed by atoms with Crippen LogP contribution in [-0.4, -0.2) is 70.9 Å². The maximum absolute atomic E-state index is 13.7. The van der Waals surface area contributed by atoms with Crippen molar-refractivity contribution in [1.82, 2.24) is 19.7 Å². The number of hydrogen-bond donors (Lipinski definition) is 2. The Kier molecular flexibility index (Phi) is 7.78. The molecular weight excluding hydrogens is 540 g/mol. The van der Waals surface area contributed by atoms with Crippen molar-refractivity contribution < 1.29 is 9.53 Å². The Hall–Kier alpha value is -3.92. The van der Waals surface area contributed by atoms with Crippen molar-refractivity contribution in [2.75, 3.05) is 54.9 Å². The number of rotatable bonds is 5. The maximum atomic E-state index is 13.7. The summed E-state index contributed by atoms with van der Waals surface area (Å²) in [6.07, 6.45) is 10.2. The van der Waals surface area contributed by atoms with Crippen LogP contribution in [0.25, 0.3) is 11.3 Å². The summed E-state index contributed by atoms with van der Waals surface area (Å²) in [6, 6.07) is 10.1. The number of carbonyl (C=O) groups excluding carboxylic acids is 1. The fourth-order valence-electron chi connectivity index (χ4n) is 6.75. The van der Waals surface area contributed by atoms with Crippen LogP contribution >= 0.6 is 0 Å². The van der Waals surface area contributed by atoms with E-state index >= 15 is 0 Å². The number of amides is 1. The van der Waals surface area contributed by atoms with E-state index in [-0.39, 0.29) is 5.91 Å². The van der Waals surface area contributed by atoms with Crippen LogP contribution in [0.1, 0.15) is 61.0 Å². The zero-order valence-electron chi connectivity index (χ0n) is 25.3. The van der Waals surface area contributed by atoms with E-state index in [2.05, 4.69) is 43.7 Å². The molecule has 5 heterocycles. The van der Waals surface area contributed by atoms with Gasteiger partial charge in [-0.2, -0.15) is 10.1 Å². The van der Waals surface area contributed by atoms with Gasteiger partial charge in [-0.3, -0.25) is 9.78 Å². The number of nitrogens with zero attached hydrogens (tertiary/aromatic N) is 6. The first kappa shape index (κ1) is 27.9. The number of aromatic nitrogens is 3. The van der Waals surface area contributed by atoms with Crippen molar-refractivity contribution in [2.45, 2.75) is 51.9 Å². The Labute approximate surface area is 253 Å². The zero-order chi connectivity index (χ0) is 29.3. The number of nitrogens with one attached hydrogen (secondary N) is 2. The summed E-state index contributed by atoms with van der Waals surface area (Å²) in [5, 5.41) is 11.6. The molecule has 10 nitrogen and oxygen atoms in total. The van der Waals surface area contributed by atoms with Gasteiger partial charge in [-0.25, -0.2) is 4.68 Å². The van der Waals surface area contributed by atoms with Crippen molar-refractivity contribution in [2.24, 2.45) is 23.9 Å². The number of hydrogen-bond acceptors (Lipinski definition) is 8. The van der Waals surface area contributed by atoms with E-state index in [1.165, 1.54) is 45.2 Å². The third kappa shape index (κ3) is 6.11. The van der Waals surface area contributed by atoms with Crippen molar-refractivity contribution in [1.29, 1.82) is 0 Å². The number of aliphatic imine (C=N–C) groups is 1. The number of aryl methyl sites for hydroxylation is 2. The first-order valence-electron chi connectivity index (χ1n) is 15.9. The van der Waals surface area contributed by atoms with Gasteiger partial charge in [0.1, 0.15) is 0 Å². The van der Waals surface area contributed by atoms with Crippen LogP contribution in [0.2, 0.25) is 0 Å². The van der Waals surface area contributed by atoms with Crippen LogP contribution in [0.3, 0.4) is 0 Å². The molecule has 0 unspecified atom stereocenters.